The first-order valence-electron chi connectivity index (χ1n) is 5.34. The SMILES string of the molecule is CC.CNCCCN(C)CCCN. The molecule has 82 valence electrons. The second-order valence-corrected chi connectivity index (χ2v) is 2.90. The van der Waals surface area contributed by atoms with E-state index in [9.17, 15) is 0 Å². The van der Waals surface area contributed by atoms with Crippen LogP contribution in [0.1, 0.15) is 26.7 Å². The summed E-state index contributed by atoms with van der Waals surface area (Å²) >= 11 is 0. The van der Waals surface area contributed by atoms with Crippen molar-refractivity contribution >= 4 is 0 Å². The highest BCUT2D eigenvalue weighted by Crippen LogP contribution is 1.87. The maximum atomic E-state index is 5.39. The van der Waals surface area contributed by atoms with E-state index in [-0.39, 0.29) is 0 Å². The zero-order valence-corrected chi connectivity index (χ0v) is 9.77. The molecule has 0 bridgehead atoms. The summed E-state index contributed by atoms with van der Waals surface area (Å²) < 4.78 is 0. The van der Waals surface area contributed by atoms with Crippen LogP contribution in [0.25, 0.3) is 0 Å². The molecule has 0 saturated carbocycles. The first kappa shape index (κ1) is 15.4. The molecule has 0 heterocycles. The Kier molecular flexibility index (Phi) is 17.0. The number of nitrogens with zero attached hydrogens (tertiary/aromatic N) is 1. The normalized spacial score (nSPS) is 9.69. The van der Waals surface area contributed by atoms with Crippen molar-refractivity contribution < 1.29 is 0 Å². The van der Waals surface area contributed by atoms with Gasteiger partial charge in [0, 0.05) is 0 Å². The van der Waals surface area contributed by atoms with E-state index < -0.39 is 0 Å². The third kappa shape index (κ3) is 14.7. The Morgan fingerprint density at radius 3 is 2.15 bits per heavy atom. The fourth-order valence-corrected chi connectivity index (χ4v) is 0.999. The van der Waals surface area contributed by atoms with E-state index in [0.29, 0.717) is 0 Å². The van der Waals surface area contributed by atoms with Crippen LogP contribution in [-0.4, -0.2) is 45.2 Å². The lowest BCUT2D eigenvalue weighted by Gasteiger charge is -2.15. The fraction of sp³-hybridized carbons (Fsp3) is 1.00. The van der Waals surface area contributed by atoms with Gasteiger partial charge in [-0.1, -0.05) is 13.8 Å². The Balaban J connectivity index is 0. The third-order valence-corrected chi connectivity index (χ3v) is 1.71. The smallest absolute Gasteiger partial charge is 0.000968 e. The molecule has 0 atom stereocenters. The highest BCUT2D eigenvalue weighted by Gasteiger charge is 1.95. The Labute approximate surface area is 83.7 Å². The maximum absolute atomic E-state index is 5.39. The second-order valence-electron chi connectivity index (χ2n) is 2.90. The predicted octanol–water partition coefficient (Wildman–Crippen LogP) is 0.903. The molecule has 0 radical (unpaired) electrons. The van der Waals surface area contributed by atoms with Crippen LogP contribution in [0, 0.1) is 0 Å². The summed E-state index contributed by atoms with van der Waals surface area (Å²) in [6, 6.07) is 0. The van der Waals surface area contributed by atoms with Gasteiger partial charge in [-0.3, -0.25) is 0 Å². The van der Waals surface area contributed by atoms with Crippen molar-refractivity contribution in [3.05, 3.63) is 0 Å². The minimum absolute atomic E-state index is 0.802. The average molecular weight is 189 g/mol. The van der Waals surface area contributed by atoms with Crippen LogP contribution < -0.4 is 11.1 Å². The fourth-order valence-electron chi connectivity index (χ4n) is 0.999. The van der Waals surface area contributed by atoms with E-state index in [4.69, 9.17) is 5.73 Å². The lowest BCUT2D eigenvalue weighted by Crippen LogP contribution is -2.25. The molecule has 3 heteroatoms. The van der Waals surface area contributed by atoms with E-state index in [2.05, 4.69) is 17.3 Å². The number of hydrogen-bond donors (Lipinski definition) is 2. The lowest BCUT2D eigenvalue weighted by atomic mass is 10.3. The van der Waals surface area contributed by atoms with Crippen LogP contribution >= 0.6 is 0 Å². The number of hydrogen-bond acceptors (Lipinski definition) is 3. The largest absolute Gasteiger partial charge is 0.330 e. The van der Waals surface area contributed by atoms with Crippen molar-refractivity contribution in [2.24, 2.45) is 5.73 Å². The van der Waals surface area contributed by atoms with Gasteiger partial charge in [-0.25, -0.2) is 0 Å². The molecule has 0 spiro atoms. The molecule has 0 aromatic carbocycles. The van der Waals surface area contributed by atoms with Crippen LogP contribution in [0.5, 0.6) is 0 Å². The van der Waals surface area contributed by atoms with Gasteiger partial charge in [-0.15, -0.1) is 0 Å². The van der Waals surface area contributed by atoms with Gasteiger partial charge in [0.15, 0.2) is 0 Å². The molecule has 0 aliphatic rings. The zero-order chi connectivity index (χ0) is 10.5. The Morgan fingerprint density at radius 2 is 1.69 bits per heavy atom. The summed E-state index contributed by atoms with van der Waals surface area (Å²) in [7, 11) is 4.13. The summed E-state index contributed by atoms with van der Waals surface area (Å²) in [5.41, 5.74) is 5.39. The standard InChI is InChI=1S/C8H21N3.C2H6/c1-10-6-4-8-11(2)7-3-5-9;1-2/h10H,3-9H2,1-2H3;1-2H3. The van der Waals surface area contributed by atoms with Crippen molar-refractivity contribution in [3.8, 4) is 0 Å². The zero-order valence-electron chi connectivity index (χ0n) is 9.77. The van der Waals surface area contributed by atoms with Crippen molar-refractivity contribution in [3.63, 3.8) is 0 Å². The van der Waals surface area contributed by atoms with Crippen LogP contribution in [0.4, 0.5) is 0 Å². The summed E-state index contributed by atoms with van der Waals surface area (Å²) in [5.74, 6) is 0. The molecule has 0 amide bonds. The first-order chi connectivity index (χ1) is 6.31. The molecule has 0 rings (SSSR count). The third-order valence-electron chi connectivity index (χ3n) is 1.71. The molecular weight excluding hydrogens is 162 g/mol. The van der Waals surface area contributed by atoms with Gasteiger partial charge in [0.05, 0.1) is 0 Å². The average Bonchev–Trinajstić information content (AvgIpc) is 2.18. The predicted molar refractivity (Wildman–Crippen MR) is 61.1 cm³/mol. The Morgan fingerprint density at radius 1 is 1.15 bits per heavy atom. The molecule has 3 nitrogen and oxygen atoms in total. The topological polar surface area (TPSA) is 41.3 Å². The lowest BCUT2D eigenvalue weighted by molar-refractivity contribution is 0.326. The maximum Gasteiger partial charge on any atom is -0.000968 e. The van der Waals surface area contributed by atoms with Gasteiger partial charge in [-0.05, 0) is 53.1 Å². The highest BCUT2D eigenvalue weighted by atomic mass is 15.1. The molecular formula is C10H27N3. The molecule has 3 N–H and O–H groups in total. The van der Waals surface area contributed by atoms with Gasteiger partial charge in [0.25, 0.3) is 0 Å². The highest BCUT2D eigenvalue weighted by molar-refractivity contribution is 4.53. The molecule has 0 aliphatic heterocycles. The van der Waals surface area contributed by atoms with Gasteiger partial charge in [0.1, 0.15) is 0 Å². The number of nitrogens with one attached hydrogen (secondary N) is 1. The van der Waals surface area contributed by atoms with Gasteiger partial charge in [-0.2, -0.15) is 0 Å². The van der Waals surface area contributed by atoms with Crippen molar-refractivity contribution in [1.29, 1.82) is 0 Å². The van der Waals surface area contributed by atoms with Gasteiger partial charge >= 0.3 is 0 Å². The van der Waals surface area contributed by atoms with Crippen molar-refractivity contribution in [1.82, 2.24) is 10.2 Å². The minimum atomic E-state index is 0.802. The van der Waals surface area contributed by atoms with E-state index in [1.165, 1.54) is 13.0 Å². The first-order valence-corrected chi connectivity index (χ1v) is 5.34. The molecule has 0 aromatic rings. The van der Waals surface area contributed by atoms with E-state index in [0.717, 1.165) is 26.1 Å². The van der Waals surface area contributed by atoms with Crippen LogP contribution in [-0.2, 0) is 0 Å². The van der Waals surface area contributed by atoms with Crippen molar-refractivity contribution in [2.45, 2.75) is 26.7 Å². The molecule has 0 aromatic heterocycles. The summed E-state index contributed by atoms with van der Waals surface area (Å²) in [4.78, 5) is 2.32. The Hall–Kier alpha value is -0.120. The minimum Gasteiger partial charge on any atom is -0.330 e. The van der Waals surface area contributed by atoms with E-state index in [1.807, 2.05) is 20.9 Å². The Bertz CT molecular complexity index is 76.6. The second kappa shape index (κ2) is 14.4. The van der Waals surface area contributed by atoms with Crippen molar-refractivity contribution in [2.75, 3.05) is 40.3 Å². The van der Waals surface area contributed by atoms with E-state index in [1.54, 1.807) is 0 Å². The quantitative estimate of drug-likeness (QED) is 0.585. The molecule has 13 heavy (non-hydrogen) atoms. The molecule has 0 fully saturated rings. The van der Waals surface area contributed by atoms with Crippen LogP contribution in [0.2, 0.25) is 0 Å². The van der Waals surface area contributed by atoms with Crippen LogP contribution in [0.3, 0.4) is 0 Å². The van der Waals surface area contributed by atoms with Gasteiger partial charge < -0.3 is 16.0 Å². The monoisotopic (exact) mass is 189 g/mol. The summed E-state index contributed by atoms with van der Waals surface area (Å²) in [6.45, 7) is 8.20. The van der Waals surface area contributed by atoms with Crippen LogP contribution in [0.15, 0.2) is 0 Å². The summed E-state index contributed by atoms with van der Waals surface area (Å²) in [5, 5.41) is 3.13. The van der Waals surface area contributed by atoms with E-state index >= 15 is 0 Å². The number of rotatable bonds is 7. The molecule has 0 aliphatic carbocycles. The number of nitrogens with two attached hydrogens (primary N) is 1. The molecule has 0 saturated heterocycles. The van der Waals surface area contributed by atoms with Gasteiger partial charge in [0.2, 0.25) is 0 Å². The summed E-state index contributed by atoms with van der Waals surface area (Å²) in [6.07, 6.45) is 2.33. The molecule has 0 unspecified atom stereocenters.